The molecule has 0 aliphatic rings. The summed E-state index contributed by atoms with van der Waals surface area (Å²) >= 11 is 0. The maximum atomic E-state index is 13.4. The number of hydrogen-bond acceptors (Lipinski definition) is 4. The molecule has 0 saturated carbocycles. The van der Waals surface area contributed by atoms with Crippen LogP contribution in [0.4, 0.5) is 4.39 Å². The Kier molecular flexibility index (Phi) is 3.23. The Labute approximate surface area is 135 Å². The summed E-state index contributed by atoms with van der Waals surface area (Å²) < 4.78 is 18.6. The van der Waals surface area contributed by atoms with Crippen molar-refractivity contribution in [3.63, 3.8) is 0 Å². The number of hydrogen-bond donors (Lipinski definition) is 1. The van der Waals surface area contributed by atoms with Crippen molar-refractivity contribution in [2.24, 2.45) is 0 Å². The van der Waals surface area contributed by atoms with E-state index in [1.807, 2.05) is 31.2 Å². The average molecular weight is 321 g/mol. The van der Waals surface area contributed by atoms with E-state index in [1.54, 1.807) is 0 Å². The number of pyridine rings is 1. The van der Waals surface area contributed by atoms with Gasteiger partial charge in [0.1, 0.15) is 11.4 Å². The Morgan fingerprint density at radius 3 is 2.88 bits per heavy atom. The molecule has 1 N–H and O–H groups in total. The van der Waals surface area contributed by atoms with Gasteiger partial charge in [0.25, 0.3) is 5.89 Å². The highest BCUT2D eigenvalue weighted by molar-refractivity contribution is 5.82. The predicted molar refractivity (Wildman–Crippen MR) is 88.0 cm³/mol. The van der Waals surface area contributed by atoms with E-state index in [1.165, 1.54) is 24.4 Å². The van der Waals surface area contributed by atoms with Crippen LogP contribution in [0.3, 0.4) is 0 Å². The predicted octanol–water partition coefficient (Wildman–Crippen LogP) is 3.69. The van der Waals surface area contributed by atoms with Crippen molar-refractivity contribution in [2.75, 3.05) is 0 Å². The molecule has 0 radical (unpaired) electrons. The van der Waals surface area contributed by atoms with E-state index in [2.05, 4.69) is 15.1 Å². The number of halogens is 1. The molecule has 4 rings (SSSR count). The molecule has 5 nitrogen and oxygen atoms in total. The Morgan fingerprint density at radius 2 is 2.04 bits per heavy atom. The molecule has 4 aromatic rings. The van der Waals surface area contributed by atoms with E-state index < -0.39 is 5.82 Å². The zero-order valence-corrected chi connectivity index (χ0v) is 12.7. The van der Waals surface area contributed by atoms with Crippen molar-refractivity contribution in [3.8, 4) is 22.8 Å². The van der Waals surface area contributed by atoms with Crippen molar-refractivity contribution < 1.29 is 8.91 Å². The first kappa shape index (κ1) is 14.3. The Balaban J connectivity index is 1.84. The van der Waals surface area contributed by atoms with E-state index in [9.17, 15) is 9.18 Å². The van der Waals surface area contributed by atoms with Crippen molar-refractivity contribution in [1.82, 2.24) is 15.1 Å². The summed E-state index contributed by atoms with van der Waals surface area (Å²) in [4.78, 5) is 19.8. The molecule has 24 heavy (non-hydrogen) atoms. The van der Waals surface area contributed by atoms with E-state index in [-0.39, 0.29) is 22.3 Å². The minimum atomic E-state index is -0.476. The van der Waals surface area contributed by atoms with Crippen LogP contribution in [0.25, 0.3) is 33.7 Å². The van der Waals surface area contributed by atoms with Crippen LogP contribution in [0, 0.1) is 12.7 Å². The third-order valence-corrected chi connectivity index (χ3v) is 3.78. The number of fused-ring (bicyclic) bond motifs is 1. The van der Waals surface area contributed by atoms with Crippen LogP contribution < -0.4 is 5.43 Å². The Morgan fingerprint density at radius 1 is 1.17 bits per heavy atom. The molecule has 118 valence electrons. The van der Waals surface area contributed by atoms with Gasteiger partial charge in [0.05, 0.1) is 0 Å². The topological polar surface area (TPSA) is 71.8 Å². The summed E-state index contributed by atoms with van der Waals surface area (Å²) in [6.07, 6.45) is 1.50. The Hall–Kier alpha value is -3.28. The van der Waals surface area contributed by atoms with Gasteiger partial charge in [-0.1, -0.05) is 28.9 Å². The van der Waals surface area contributed by atoms with Crippen molar-refractivity contribution in [3.05, 3.63) is 70.3 Å². The van der Waals surface area contributed by atoms with Crippen molar-refractivity contribution in [2.45, 2.75) is 6.92 Å². The summed E-state index contributed by atoms with van der Waals surface area (Å²) in [6, 6.07) is 11.6. The molecule has 0 saturated heterocycles. The van der Waals surface area contributed by atoms with Gasteiger partial charge >= 0.3 is 0 Å². The second-order valence-electron chi connectivity index (χ2n) is 5.51. The summed E-state index contributed by atoms with van der Waals surface area (Å²) in [5, 5.41) is 4.17. The zero-order chi connectivity index (χ0) is 16.7. The lowest BCUT2D eigenvalue weighted by Gasteiger charge is -2.00. The first-order chi connectivity index (χ1) is 11.6. The number of H-pyrrole nitrogens is 1. The number of aromatic amines is 1. The molecule has 2 aromatic heterocycles. The van der Waals surface area contributed by atoms with Crippen LogP contribution >= 0.6 is 0 Å². The van der Waals surface area contributed by atoms with Crippen LogP contribution in [-0.4, -0.2) is 15.1 Å². The van der Waals surface area contributed by atoms with E-state index >= 15 is 0 Å². The molecule has 2 aromatic carbocycles. The third-order valence-electron chi connectivity index (χ3n) is 3.78. The summed E-state index contributed by atoms with van der Waals surface area (Å²) in [6.45, 7) is 1.97. The van der Waals surface area contributed by atoms with Gasteiger partial charge in [-0.25, -0.2) is 4.39 Å². The first-order valence-corrected chi connectivity index (χ1v) is 7.34. The number of aromatic nitrogens is 3. The highest BCUT2D eigenvalue weighted by atomic mass is 19.1. The molecular formula is C18H12FN3O2. The van der Waals surface area contributed by atoms with Gasteiger partial charge in [-0.15, -0.1) is 0 Å². The largest absolute Gasteiger partial charge is 0.360 e. The molecule has 2 heterocycles. The van der Waals surface area contributed by atoms with E-state index in [4.69, 9.17) is 4.52 Å². The maximum absolute atomic E-state index is 13.4. The fourth-order valence-corrected chi connectivity index (χ4v) is 2.58. The quantitative estimate of drug-likeness (QED) is 0.611. The molecule has 0 spiro atoms. The van der Waals surface area contributed by atoms with E-state index in [0.29, 0.717) is 11.3 Å². The first-order valence-electron chi connectivity index (χ1n) is 7.34. The van der Waals surface area contributed by atoms with Crippen LogP contribution in [0.5, 0.6) is 0 Å². The summed E-state index contributed by atoms with van der Waals surface area (Å²) in [5.74, 6) is 0.0162. The maximum Gasteiger partial charge on any atom is 0.263 e. The van der Waals surface area contributed by atoms with Gasteiger partial charge in [0, 0.05) is 22.7 Å². The zero-order valence-electron chi connectivity index (χ0n) is 12.7. The molecule has 0 bridgehead atoms. The summed E-state index contributed by atoms with van der Waals surface area (Å²) in [5.41, 5.74) is 2.26. The van der Waals surface area contributed by atoms with Crippen molar-refractivity contribution in [1.29, 1.82) is 0 Å². The molecule has 0 fully saturated rings. The number of nitrogens with one attached hydrogen (secondary N) is 1. The highest BCUT2D eigenvalue weighted by Gasteiger charge is 2.15. The normalized spacial score (nSPS) is 11.1. The average Bonchev–Trinajstić information content (AvgIpc) is 3.05. The number of benzene rings is 2. The summed E-state index contributed by atoms with van der Waals surface area (Å²) in [7, 11) is 0. The van der Waals surface area contributed by atoms with Gasteiger partial charge in [0.15, 0.2) is 0 Å². The van der Waals surface area contributed by atoms with Crippen LogP contribution in [-0.2, 0) is 0 Å². The van der Waals surface area contributed by atoms with Gasteiger partial charge in [-0.3, -0.25) is 4.79 Å². The number of nitrogens with zero attached hydrogens (tertiary/aromatic N) is 2. The molecule has 0 atom stereocenters. The minimum absolute atomic E-state index is 0.0962. The van der Waals surface area contributed by atoms with Gasteiger partial charge in [-0.05, 0) is 31.2 Å². The fourth-order valence-electron chi connectivity index (χ4n) is 2.58. The molecule has 0 aliphatic carbocycles. The lowest BCUT2D eigenvalue weighted by molar-refractivity contribution is 0.432. The smallest absolute Gasteiger partial charge is 0.263 e. The van der Waals surface area contributed by atoms with Gasteiger partial charge in [-0.2, -0.15) is 4.98 Å². The Bertz CT molecular complexity index is 1110. The van der Waals surface area contributed by atoms with E-state index in [0.717, 1.165) is 11.1 Å². The monoisotopic (exact) mass is 321 g/mol. The minimum Gasteiger partial charge on any atom is -0.360 e. The lowest BCUT2D eigenvalue weighted by Crippen LogP contribution is -2.06. The van der Waals surface area contributed by atoms with Gasteiger partial charge < -0.3 is 9.51 Å². The third kappa shape index (κ3) is 2.38. The lowest BCUT2D eigenvalue weighted by atomic mass is 10.1. The molecule has 0 unspecified atom stereocenters. The SMILES string of the molecule is Cc1cccc(-c2noc(-c3c[nH]c4ccc(F)cc4c3=O)n2)c1. The van der Waals surface area contributed by atoms with Crippen LogP contribution in [0.2, 0.25) is 0 Å². The number of rotatable bonds is 2. The number of aryl methyl sites for hydroxylation is 1. The second kappa shape index (κ2) is 5.42. The fraction of sp³-hybridized carbons (Fsp3) is 0.0556. The molecule has 0 amide bonds. The molecular weight excluding hydrogens is 309 g/mol. The van der Waals surface area contributed by atoms with Gasteiger partial charge in [0.2, 0.25) is 11.3 Å². The standard InChI is InChI=1S/C18H12FN3O2/c1-10-3-2-4-11(7-10)17-21-18(24-22-17)14-9-20-15-6-5-12(19)8-13(15)16(14)23/h2-9H,1H3,(H,20,23). The van der Waals surface area contributed by atoms with Crippen LogP contribution in [0.15, 0.2) is 58.0 Å². The highest BCUT2D eigenvalue weighted by Crippen LogP contribution is 2.22. The molecule has 0 aliphatic heterocycles. The van der Waals surface area contributed by atoms with Crippen LogP contribution in [0.1, 0.15) is 5.56 Å². The van der Waals surface area contributed by atoms with Crippen molar-refractivity contribution >= 4 is 10.9 Å². The second-order valence-corrected chi connectivity index (χ2v) is 5.51. The molecule has 6 heteroatoms.